The summed E-state index contributed by atoms with van der Waals surface area (Å²) in [5.74, 6) is 1.19. The van der Waals surface area contributed by atoms with Crippen molar-refractivity contribution in [2.24, 2.45) is 0 Å². The van der Waals surface area contributed by atoms with Gasteiger partial charge in [0.05, 0.1) is 12.8 Å². The number of aromatic nitrogens is 1. The average Bonchev–Trinajstić information content (AvgIpc) is 2.66. The summed E-state index contributed by atoms with van der Waals surface area (Å²) in [6.07, 6.45) is 0.867. The summed E-state index contributed by atoms with van der Waals surface area (Å²) >= 11 is 0. The van der Waals surface area contributed by atoms with Gasteiger partial charge in [0.25, 0.3) is 0 Å². The standard InChI is InChI=1S/C21H25N3O3/c1-13-11-24(12-14(2)22-13)16-8-7-15-9-17(21(25)27-19(15)10-16)18-5-4-6-20(23-18)26-3/h4-10,13-14,21-22,25H,11-12H2,1-3H3/t13-,14+,21?. The summed E-state index contributed by atoms with van der Waals surface area (Å²) in [6, 6.07) is 12.5. The van der Waals surface area contributed by atoms with Crippen LogP contribution in [0.3, 0.4) is 0 Å². The quantitative estimate of drug-likeness (QED) is 0.869. The molecule has 6 nitrogen and oxygen atoms in total. The maximum absolute atomic E-state index is 10.5. The number of anilines is 1. The molecule has 6 heteroatoms. The van der Waals surface area contributed by atoms with E-state index >= 15 is 0 Å². The van der Waals surface area contributed by atoms with E-state index < -0.39 is 6.29 Å². The molecule has 1 aromatic carbocycles. The largest absolute Gasteiger partial charge is 0.481 e. The van der Waals surface area contributed by atoms with Crippen LogP contribution in [0.1, 0.15) is 25.1 Å². The van der Waals surface area contributed by atoms with Crippen molar-refractivity contribution in [2.45, 2.75) is 32.2 Å². The molecule has 1 unspecified atom stereocenters. The molecule has 142 valence electrons. The van der Waals surface area contributed by atoms with E-state index in [1.54, 1.807) is 13.2 Å². The first-order valence-corrected chi connectivity index (χ1v) is 9.26. The molecular formula is C21H25N3O3. The molecule has 2 aromatic rings. The maximum atomic E-state index is 10.5. The second-order valence-corrected chi connectivity index (χ2v) is 7.23. The minimum absolute atomic E-state index is 0.432. The Balaban J connectivity index is 1.64. The SMILES string of the molecule is COc1cccc(C2=Cc3ccc(N4C[C@@H](C)N[C@@H](C)C4)cc3OC2O)n1. The number of methoxy groups -OCH3 is 1. The zero-order valence-electron chi connectivity index (χ0n) is 15.8. The summed E-state index contributed by atoms with van der Waals surface area (Å²) in [5, 5.41) is 14.1. The molecule has 2 N–H and O–H groups in total. The second-order valence-electron chi connectivity index (χ2n) is 7.23. The summed E-state index contributed by atoms with van der Waals surface area (Å²) in [4.78, 5) is 6.75. The average molecular weight is 367 g/mol. The normalized spacial score (nSPS) is 24.7. The summed E-state index contributed by atoms with van der Waals surface area (Å²) in [7, 11) is 1.57. The molecule has 0 saturated carbocycles. The lowest BCUT2D eigenvalue weighted by Gasteiger charge is -2.38. The number of piperazine rings is 1. The number of aliphatic hydroxyl groups excluding tert-OH is 1. The van der Waals surface area contributed by atoms with Gasteiger partial charge in [-0.25, -0.2) is 4.98 Å². The van der Waals surface area contributed by atoms with Crippen LogP contribution < -0.4 is 19.7 Å². The Hall–Kier alpha value is -2.57. The van der Waals surface area contributed by atoms with Gasteiger partial charge in [-0.05, 0) is 38.1 Å². The van der Waals surface area contributed by atoms with Crippen LogP contribution in [0.5, 0.6) is 11.6 Å². The third-order valence-corrected chi connectivity index (χ3v) is 4.96. The van der Waals surface area contributed by atoms with Gasteiger partial charge in [-0.2, -0.15) is 0 Å². The van der Waals surface area contributed by atoms with Gasteiger partial charge in [0.15, 0.2) is 0 Å². The Morgan fingerprint density at radius 2 is 1.96 bits per heavy atom. The Bertz CT molecular complexity index is 858. The molecule has 0 bridgehead atoms. The fourth-order valence-corrected chi connectivity index (χ4v) is 3.79. The first-order valence-electron chi connectivity index (χ1n) is 9.26. The summed E-state index contributed by atoms with van der Waals surface area (Å²) in [6.45, 7) is 6.27. The number of hydrogen-bond donors (Lipinski definition) is 2. The van der Waals surface area contributed by atoms with E-state index in [2.05, 4.69) is 35.1 Å². The fraction of sp³-hybridized carbons (Fsp3) is 0.381. The molecule has 1 saturated heterocycles. The number of aliphatic hydroxyl groups is 1. The van der Waals surface area contributed by atoms with Crippen LogP contribution >= 0.6 is 0 Å². The molecule has 2 aliphatic heterocycles. The van der Waals surface area contributed by atoms with Crippen molar-refractivity contribution in [2.75, 3.05) is 25.1 Å². The molecule has 0 amide bonds. The zero-order valence-corrected chi connectivity index (χ0v) is 15.8. The molecule has 1 fully saturated rings. The highest BCUT2D eigenvalue weighted by Gasteiger charge is 2.26. The predicted octanol–water partition coefficient (Wildman–Crippen LogP) is 2.53. The van der Waals surface area contributed by atoms with Crippen molar-refractivity contribution < 1.29 is 14.6 Å². The number of nitrogens with zero attached hydrogens (tertiary/aromatic N) is 2. The fourth-order valence-electron chi connectivity index (χ4n) is 3.79. The van der Waals surface area contributed by atoms with E-state index in [1.165, 1.54) is 0 Å². The lowest BCUT2D eigenvalue weighted by molar-refractivity contribution is 0.0317. The van der Waals surface area contributed by atoms with Gasteiger partial charge in [-0.1, -0.05) is 6.07 Å². The number of ether oxygens (including phenoxy) is 2. The minimum atomic E-state index is -1.06. The lowest BCUT2D eigenvalue weighted by Crippen LogP contribution is -2.54. The van der Waals surface area contributed by atoms with E-state index in [9.17, 15) is 5.11 Å². The molecule has 2 aliphatic rings. The highest BCUT2D eigenvalue weighted by Crippen LogP contribution is 2.36. The van der Waals surface area contributed by atoms with Crippen molar-refractivity contribution in [3.05, 3.63) is 47.7 Å². The second kappa shape index (κ2) is 7.21. The van der Waals surface area contributed by atoms with Crippen LogP contribution in [0.2, 0.25) is 0 Å². The number of benzene rings is 1. The van der Waals surface area contributed by atoms with Gasteiger partial charge in [0, 0.05) is 54.1 Å². The van der Waals surface area contributed by atoms with Crippen LogP contribution in [-0.2, 0) is 0 Å². The molecule has 0 aliphatic carbocycles. The molecule has 1 aromatic heterocycles. The molecule has 27 heavy (non-hydrogen) atoms. The predicted molar refractivity (Wildman–Crippen MR) is 106 cm³/mol. The molecule has 0 radical (unpaired) electrons. The van der Waals surface area contributed by atoms with Crippen molar-refractivity contribution >= 4 is 17.3 Å². The molecular weight excluding hydrogens is 342 g/mol. The van der Waals surface area contributed by atoms with E-state index in [0.29, 0.717) is 35.0 Å². The van der Waals surface area contributed by atoms with Gasteiger partial charge in [-0.15, -0.1) is 0 Å². The van der Waals surface area contributed by atoms with Crippen LogP contribution in [-0.4, -0.2) is 48.7 Å². The monoisotopic (exact) mass is 367 g/mol. The Labute approximate surface area is 159 Å². The number of hydrogen-bond acceptors (Lipinski definition) is 6. The van der Waals surface area contributed by atoms with E-state index in [1.807, 2.05) is 30.3 Å². The van der Waals surface area contributed by atoms with Crippen molar-refractivity contribution in [1.29, 1.82) is 0 Å². The van der Waals surface area contributed by atoms with Crippen LogP contribution in [0.15, 0.2) is 36.4 Å². The first kappa shape index (κ1) is 17.8. The third-order valence-electron chi connectivity index (χ3n) is 4.96. The number of pyridine rings is 1. The third kappa shape index (κ3) is 3.63. The molecule has 3 heterocycles. The van der Waals surface area contributed by atoms with E-state index in [4.69, 9.17) is 9.47 Å². The Morgan fingerprint density at radius 3 is 2.70 bits per heavy atom. The smallest absolute Gasteiger partial charge is 0.226 e. The van der Waals surface area contributed by atoms with Crippen molar-refractivity contribution in [3.63, 3.8) is 0 Å². The van der Waals surface area contributed by atoms with E-state index in [-0.39, 0.29) is 0 Å². The van der Waals surface area contributed by atoms with Crippen LogP contribution in [0.4, 0.5) is 5.69 Å². The van der Waals surface area contributed by atoms with Gasteiger partial charge >= 0.3 is 0 Å². The highest BCUT2D eigenvalue weighted by molar-refractivity contribution is 5.86. The first-order chi connectivity index (χ1) is 13.0. The van der Waals surface area contributed by atoms with Gasteiger partial charge in [0.2, 0.25) is 12.2 Å². The molecule has 4 rings (SSSR count). The van der Waals surface area contributed by atoms with Crippen molar-refractivity contribution in [1.82, 2.24) is 10.3 Å². The Morgan fingerprint density at radius 1 is 1.19 bits per heavy atom. The Kier molecular flexibility index (Phi) is 4.76. The number of fused-ring (bicyclic) bond motifs is 1. The van der Waals surface area contributed by atoms with Gasteiger partial charge in [0.1, 0.15) is 5.75 Å². The van der Waals surface area contributed by atoms with Crippen molar-refractivity contribution in [3.8, 4) is 11.6 Å². The molecule has 3 atom stereocenters. The zero-order chi connectivity index (χ0) is 19.0. The maximum Gasteiger partial charge on any atom is 0.226 e. The summed E-state index contributed by atoms with van der Waals surface area (Å²) in [5.41, 5.74) is 3.30. The highest BCUT2D eigenvalue weighted by atomic mass is 16.6. The van der Waals surface area contributed by atoms with Gasteiger partial charge in [-0.3, -0.25) is 0 Å². The molecule has 0 spiro atoms. The minimum Gasteiger partial charge on any atom is -0.481 e. The van der Waals surface area contributed by atoms with E-state index in [0.717, 1.165) is 24.3 Å². The number of rotatable bonds is 3. The van der Waals surface area contributed by atoms with Crippen LogP contribution in [0.25, 0.3) is 11.6 Å². The topological polar surface area (TPSA) is 66.9 Å². The lowest BCUT2D eigenvalue weighted by atomic mass is 10.0. The van der Waals surface area contributed by atoms with Gasteiger partial charge < -0.3 is 24.8 Å². The summed E-state index contributed by atoms with van der Waals surface area (Å²) < 4.78 is 11.0. The number of nitrogens with one attached hydrogen (secondary N) is 1. The van der Waals surface area contributed by atoms with Crippen LogP contribution in [0, 0.1) is 0 Å².